The fourth-order valence-corrected chi connectivity index (χ4v) is 2.23. The molecular weight excluding hydrogens is 240 g/mol. The Kier molecular flexibility index (Phi) is 6.07. The van der Waals surface area contributed by atoms with Crippen LogP contribution in [-0.2, 0) is 4.79 Å². The van der Waals surface area contributed by atoms with Crippen molar-refractivity contribution in [3.8, 4) is 11.8 Å². The molecule has 1 aromatic rings. The van der Waals surface area contributed by atoms with Crippen LogP contribution in [0, 0.1) is 11.8 Å². The largest absolute Gasteiger partial charge is 0.299 e. The number of hydrogen-bond acceptors (Lipinski definition) is 2. The standard InChI is InChI=1S/C13H13ClOS/c1-2-3-4-7-12(15)10-16-13-8-5-6-11(14)9-13/h5-6,8-9H,4,7,10H2,1H3. The number of carbonyl (C=O) groups excluding carboxylic acids is 1. The Morgan fingerprint density at radius 1 is 1.50 bits per heavy atom. The fourth-order valence-electron chi connectivity index (χ4n) is 1.12. The summed E-state index contributed by atoms with van der Waals surface area (Å²) >= 11 is 7.36. The van der Waals surface area contributed by atoms with Crippen molar-refractivity contribution in [2.45, 2.75) is 24.7 Å². The summed E-state index contributed by atoms with van der Waals surface area (Å²) in [6.07, 6.45) is 1.19. The molecule has 0 atom stereocenters. The molecule has 0 aliphatic heterocycles. The summed E-state index contributed by atoms with van der Waals surface area (Å²) in [6.45, 7) is 1.78. The van der Waals surface area contributed by atoms with Crippen LogP contribution in [0.25, 0.3) is 0 Å². The Hall–Kier alpha value is -0.910. The summed E-state index contributed by atoms with van der Waals surface area (Å²) in [5.74, 6) is 6.38. The van der Waals surface area contributed by atoms with Crippen molar-refractivity contribution in [2.75, 3.05) is 5.75 Å². The first-order valence-electron chi connectivity index (χ1n) is 5.02. The van der Waals surface area contributed by atoms with E-state index in [1.165, 1.54) is 11.8 Å². The van der Waals surface area contributed by atoms with Gasteiger partial charge in [0, 0.05) is 22.8 Å². The number of Topliss-reactive ketones (excluding diaryl/α,β-unsaturated/α-hetero) is 1. The number of benzene rings is 1. The van der Waals surface area contributed by atoms with E-state index >= 15 is 0 Å². The van der Waals surface area contributed by atoms with Crippen molar-refractivity contribution in [3.63, 3.8) is 0 Å². The molecule has 0 fully saturated rings. The first-order chi connectivity index (χ1) is 7.72. The molecule has 0 heterocycles. The van der Waals surface area contributed by atoms with Crippen LogP contribution >= 0.6 is 23.4 Å². The second kappa shape index (κ2) is 7.38. The van der Waals surface area contributed by atoms with E-state index in [1.54, 1.807) is 6.92 Å². The summed E-state index contributed by atoms with van der Waals surface area (Å²) < 4.78 is 0. The van der Waals surface area contributed by atoms with Gasteiger partial charge in [0.05, 0.1) is 5.75 Å². The molecule has 0 spiro atoms. The Morgan fingerprint density at radius 3 is 3.00 bits per heavy atom. The lowest BCUT2D eigenvalue weighted by molar-refractivity contribution is -0.116. The van der Waals surface area contributed by atoms with Crippen LogP contribution in [0.1, 0.15) is 19.8 Å². The highest BCUT2D eigenvalue weighted by Gasteiger charge is 2.02. The van der Waals surface area contributed by atoms with Gasteiger partial charge in [-0.15, -0.1) is 23.6 Å². The van der Waals surface area contributed by atoms with E-state index < -0.39 is 0 Å². The van der Waals surface area contributed by atoms with E-state index in [2.05, 4.69) is 11.8 Å². The maximum Gasteiger partial charge on any atom is 0.144 e. The van der Waals surface area contributed by atoms with Crippen molar-refractivity contribution in [2.24, 2.45) is 0 Å². The van der Waals surface area contributed by atoms with E-state index in [-0.39, 0.29) is 5.78 Å². The molecular formula is C13H13ClOS. The molecule has 0 radical (unpaired) electrons. The smallest absolute Gasteiger partial charge is 0.144 e. The van der Waals surface area contributed by atoms with Gasteiger partial charge < -0.3 is 0 Å². The van der Waals surface area contributed by atoms with Gasteiger partial charge in [0.15, 0.2) is 0 Å². The Balaban J connectivity index is 2.33. The minimum atomic E-state index is 0.229. The number of halogens is 1. The van der Waals surface area contributed by atoms with Gasteiger partial charge in [-0.05, 0) is 25.1 Å². The van der Waals surface area contributed by atoms with Gasteiger partial charge in [-0.1, -0.05) is 17.7 Å². The lowest BCUT2D eigenvalue weighted by Gasteiger charge is -2.00. The van der Waals surface area contributed by atoms with Gasteiger partial charge in [0.1, 0.15) is 5.78 Å². The zero-order valence-corrected chi connectivity index (χ0v) is 10.7. The van der Waals surface area contributed by atoms with Crippen LogP contribution in [-0.4, -0.2) is 11.5 Å². The maximum atomic E-state index is 11.5. The van der Waals surface area contributed by atoms with Crippen molar-refractivity contribution in [1.82, 2.24) is 0 Å². The predicted molar refractivity (Wildman–Crippen MR) is 69.9 cm³/mol. The highest BCUT2D eigenvalue weighted by Crippen LogP contribution is 2.21. The monoisotopic (exact) mass is 252 g/mol. The highest BCUT2D eigenvalue weighted by atomic mass is 35.5. The molecule has 3 heteroatoms. The van der Waals surface area contributed by atoms with E-state index in [1.807, 2.05) is 24.3 Å². The molecule has 0 bridgehead atoms. The summed E-state index contributed by atoms with van der Waals surface area (Å²) in [4.78, 5) is 12.5. The van der Waals surface area contributed by atoms with Crippen LogP contribution in [0.2, 0.25) is 5.02 Å². The average Bonchev–Trinajstić information content (AvgIpc) is 2.27. The molecule has 0 N–H and O–H groups in total. The molecule has 1 nitrogen and oxygen atoms in total. The van der Waals surface area contributed by atoms with E-state index in [0.717, 1.165) is 4.90 Å². The Bertz CT molecular complexity index is 417. The number of carbonyl (C=O) groups is 1. The van der Waals surface area contributed by atoms with Gasteiger partial charge >= 0.3 is 0 Å². The minimum absolute atomic E-state index is 0.229. The molecule has 0 aliphatic rings. The van der Waals surface area contributed by atoms with E-state index in [4.69, 9.17) is 11.6 Å². The van der Waals surface area contributed by atoms with Crippen molar-refractivity contribution in [1.29, 1.82) is 0 Å². The molecule has 0 aliphatic carbocycles. The van der Waals surface area contributed by atoms with Gasteiger partial charge in [-0.25, -0.2) is 0 Å². The highest BCUT2D eigenvalue weighted by molar-refractivity contribution is 8.00. The Morgan fingerprint density at radius 2 is 2.31 bits per heavy atom. The number of hydrogen-bond donors (Lipinski definition) is 0. The SMILES string of the molecule is CC#CCCC(=O)CSc1cccc(Cl)c1. The lowest BCUT2D eigenvalue weighted by Crippen LogP contribution is -2.00. The summed E-state index contributed by atoms with van der Waals surface area (Å²) in [5, 5.41) is 0.703. The molecule has 0 saturated carbocycles. The van der Waals surface area contributed by atoms with Gasteiger partial charge in [-0.2, -0.15) is 0 Å². The van der Waals surface area contributed by atoms with Crippen LogP contribution in [0.15, 0.2) is 29.2 Å². The van der Waals surface area contributed by atoms with E-state index in [9.17, 15) is 4.79 Å². The molecule has 0 unspecified atom stereocenters. The molecule has 16 heavy (non-hydrogen) atoms. The molecule has 0 amide bonds. The number of ketones is 1. The number of rotatable bonds is 5. The molecule has 0 saturated heterocycles. The van der Waals surface area contributed by atoms with Crippen molar-refractivity contribution < 1.29 is 4.79 Å². The van der Waals surface area contributed by atoms with Gasteiger partial charge in [-0.3, -0.25) is 4.79 Å². The minimum Gasteiger partial charge on any atom is -0.299 e. The second-order valence-electron chi connectivity index (χ2n) is 3.21. The summed E-state index contributed by atoms with van der Waals surface area (Å²) in [5.41, 5.74) is 0. The first kappa shape index (κ1) is 13.2. The van der Waals surface area contributed by atoms with Crippen LogP contribution in [0.4, 0.5) is 0 Å². The zero-order chi connectivity index (χ0) is 11.8. The summed E-state index contributed by atoms with van der Waals surface area (Å²) in [6, 6.07) is 7.53. The van der Waals surface area contributed by atoms with Crippen LogP contribution in [0.5, 0.6) is 0 Å². The fraction of sp³-hybridized carbons (Fsp3) is 0.308. The third-order valence-electron chi connectivity index (χ3n) is 1.90. The number of thioether (sulfide) groups is 1. The lowest BCUT2D eigenvalue weighted by atomic mass is 10.2. The van der Waals surface area contributed by atoms with Gasteiger partial charge in [0.2, 0.25) is 0 Å². The quantitative estimate of drug-likeness (QED) is 0.586. The van der Waals surface area contributed by atoms with Crippen molar-refractivity contribution in [3.05, 3.63) is 29.3 Å². The first-order valence-corrected chi connectivity index (χ1v) is 6.38. The van der Waals surface area contributed by atoms with Crippen LogP contribution < -0.4 is 0 Å². The topological polar surface area (TPSA) is 17.1 Å². The third-order valence-corrected chi connectivity index (χ3v) is 3.19. The molecule has 1 aromatic carbocycles. The third kappa shape index (κ3) is 5.25. The van der Waals surface area contributed by atoms with Crippen LogP contribution in [0.3, 0.4) is 0 Å². The average molecular weight is 253 g/mol. The molecule has 0 aromatic heterocycles. The maximum absolute atomic E-state index is 11.5. The predicted octanol–water partition coefficient (Wildman–Crippen LogP) is 3.80. The van der Waals surface area contributed by atoms with Gasteiger partial charge in [0.25, 0.3) is 0 Å². The zero-order valence-electron chi connectivity index (χ0n) is 9.13. The normalized spacial score (nSPS) is 9.38. The summed E-state index contributed by atoms with van der Waals surface area (Å²) in [7, 11) is 0. The molecule has 84 valence electrons. The Labute approximate surface area is 106 Å². The van der Waals surface area contributed by atoms with Crippen molar-refractivity contribution >= 4 is 29.1 Å². The second-order valence-corrected chi connectivity index (χ2v) is 4.70. The van der Waals surface area contributed by atoms with E-state index in [0.29, 0.717) is 23.6 Å². The molecule has 1 rings (SSSR count).